The summed E-state index contributed by atoms with van der Waals surface area (Å²) in [7, 11) is 0. The van der Waals surface area contributed by atoms with Crippen LogP contribution in [0.25, 0.3) is 0 Å². The molecule has 4 N–H and O–H groups in total. The molecule has 1 aliphatic heterocycles. The van der Waals surface area contributed by atoms with Gasteiger partial charge in [0.25, 0.3) is 0 Å². The zero-order chi connectivity index (χ0) is 25.2. The van der Waals surface area contributed by atoms with Crippen molar-refractivity contribution in [2.75, 3.05) is 26.4 Å². The number of aliphatic hydroxyl groups excluding tert-OH is 4. The Labute approximate surface area is 204 Å². The quantitative estimate of drug-likeness (QED) is 0.149. The van der Waals surface area contributed by atoms with Gasteiger partial charge in [-0.25, -0.2) is 0 Å². The van der Waals surface area contributed by atoms with Gasteiger partial charge in [-0.3, -0.25) is 4.79 Å². The van der Waals surface area contributed by atoms with Gasteiger partial charge in [0.15, 0.2) is 6.29 Å². The van der Waals surface area contributed by atoms with Crippen molar-refractivity contribution in [1.82, 2.24) is 0 Å². The second-order valence-electron chi connectivity index (χ2n) is 9.15. The highest BCUT2D eigenvalue weighted by Crippen LogP contribution is 2.22. The topological polar surface area (TPSA) is 135 Å². The Kier molecular flexibility index (Phi) is 17.8. The second-order valence-corrected chi connectivity index (χ2v) is 9.15. The normalized spacial score (nSPS) is 25.9. The first-order chi connectivity index (χ1) is 16.4. The van der Waals surface area contributed by atoms with Crippen LogP contribution in [0.2, 0.25) is 0 Å². The molecule has 1 rings (SSSR count). The van der Waals surface area contributed by atoms with Gasteiger partial charge in [0.1, 0.15) is 30.5 Å². The van der Waals surface area contributed by atoms with E-state index in [4.69, 9.17) is 18.9 Å². The summed E-state index contributed by atoms with van der Waals surface area (Å²) in [5.74, 6) is -0.335. The largest absolute Gasteiger partial charge is 0.457 e. The van der Waals surface area contributed by atoms with Gasteiger partial charge in [0.2, 0.25) is 0 Å². The lowest BCUT2D eigenvalue weighted by atomic mass is 9.99. The van der Waals surface area contributed by atoms with Crippen molar-refractivity contribution in [3.05, 3.63) is 0 Å². The third kappa shape index (κ3) is 12.8. The molecule has 0 spiro atoms. The van der Waals surface area contributed by atoms with Crippen LogP contribution in [0.5, 0.6) is 0 Å². The van der Waals surface area contributed by atoms with Gasteiger partial charge >= 0.3 is 5.97 Å². The van der Waals surface area contributed by atoms with Crippen molar-refractivity contribution in [2.24, 2.45) is 0 Å². The number of aliphatic hydroxyl groups is 4. The summed E-state index contributed by atoms with van der Waals surface area (Å²) in [6.45, 7) is 4.35. The molecule has 1 saturated heterocycles. The highest BCUT2D eigenvalue weighted by Gasteiger charge is 2.44. The van der Waals surface area contributed by atoms with Gasteiger partial charge < -0.3 is 39.4 Å². The molecular formula is C25H48O9. The minimum atomic E-state index is -1.52. The molecule has 0 saturated carbocycles. The van der Waals surface area contributed by atoms with E-state index in [0.29, 0.717) is 13.0 Å². The molecule has 0 bridgehead atoms. The average molecular weight is 493 g/mol. The van der Waals surface area contributed by atoms with Crippen molar-refractivity contribution < 1.29 is 44.2 Å². The third-order valence-electron chi connectivity index (χ3n) is 6.02. The minimum absolute atomic E-state index is 0.111. The first-order valence-electron chi connectivity index (χ1n) is 13.1. The number of hydrogen-bond donors (Lipinski definition) is 4. The van der Waals surface area contributed by atoms with Crippen LogP contribution in [0.3, 0.4) is 0 Å². The van der Waals surface area contributed by atoms with Gasteiger partial charge in [-0.1, -0.05) is 71.6 Å². The molecule has 202 valence electrons. The van der Waals surface area contributed by atoms with Crippen molar-refractivity contribution in [2.45, 2.75) is 128 Å². The number of carbonyl (C=O) groups excluding carboxylic acids is 1. The molecule has 1 fully saturated rings. The summed E-state index contributed by atoms with van der Waals surface area (Å²) >= 11 is 0. The van der Waals surface area contributed by atoms with Crippen LogP contribution in [0.15, 0.2) is 0 Å². The number of unbranched alkanes of at least 4 members (excludes halogenated alkanes) is 9. The summed E-state index contributed by atoms with van der Waals surface area (Å²) in [6, 6.07) is 0. The fourth-order valence-corrected chi connectivity index (χ4v) is 3.84. The molecule has 0 aromatic carbocycles. The van der Waals surface area contributed by atoms with Gasteiger partial charge in [0.05, 0.1) is 19.8 Å². The molecule has 0 aromatic rings. The van der Waals surface area contributed by atoms with Crippen molar-refractivity contribution in [3.8, 4) is 0 Å². The SMILES string of the molecule is CCCCCCCCCOCC(COC1OC(CO)C(O)C(O)C1O)OC(=O)CCCCCC. The van der Waals surface area contributed by atoms with Crippen molar-refractivity contribution in [1.29, 1.82) is 0 Å². The number of esters is 1. The van der Waals surface area contributed by atoms with Crippen LogP contribution in [0, 0.1) is 0 Å². The maximum Gasteiger partial charge on any atom is 0.306 e. The van der Waals surface area contributed by atoms with E-state index in [1.165, 1.54) is 32.1 Å². The lowest BCUT2D eigenvalue weighted by Crippen LogP contribution is -2.59. The van der Waals surface area contributed by atoms with Gasteiger partial charge in [-0.2, -0.15) is 0 Å². The summed E-state index contributed by atoms with van der Waals surface area (Å²) in [4.78, 5) is 12.3. The highest BCUT2D eigenvalue weighted by atomic mass is 16.7. The fraction of sp³-hybridized carbons (Fsp3) is 0.960. The minimum Gasteiger partial charge on any atom is -0.457 e. The van der Waals surface area contributed by atoms with E-state index < -0.39 is 43.4 Å². The van der Waals surface area contributed by atoms with E-state index in [0.717, 1.165) is 38.5 Å². The van der Waals surface area contributed by atoms with E-state index in [2.05, 4.69) is 13.8 Å². The average Bonchev–Trinajstić information content (AvgIpc) is 2.83. The maximum absolute atomic E-state index is 12.3. The Hall–Kier alpha value is -0.810. The standard InChI is InChI=1S/C25H48O9/c1-3-5-7-9-10-11-13-15-31-17-19(33-21(27)14-12-8-6-4-2)18-32-25-24(30)23(29)22(28)20(16-26)34-25/h19-20,22-26,28-30H,3-18H2,1-2H3. The van der Waals surface area contributed by atoms with E-state index in [-0.39, 0.29) is 19.2 Å². The zero-order valence-corrected chi connectivity index (χ0v) is 21.1. The molecule has 1 heterocycles. The highest BCUT2D eigenvalue weighted by molar-refractivity contribution is 5.69. The van der Waals surface area contributed by atoms with Gasteiger partial charge in [-0.15, -0.1) is 0 Å². The second kappa shape index (κ2) is 19.4. The van der Waals surface area contributed by atoms with Crippen LogP contribution in [-0.2, 0) is 23.7 Å². The van der Waals surface area contributed by atoms with Crippen molar-refractivity contribution in [3.63, 3.8) is 0 Å². The van der Waals surface area contributed by atoms with E-state index in [1.54, 1.807) is 0 Å². The summed E-state index contributed by atoms with van der Waals surface area (Å²) in [6.07, 6.45) is 4.87. The van der Waals surface area contributed by atoms with Crippen LogP contribution < -0.4 is 0 Å². The van der Waals surface area contributed by atoms with Crippen LogP contribution >= 0.6 is 0 Å². The monoisotopic (exact) mass is 492 g/mol. The zero-order valence-electron chi connectivity index (χ0n) is 21.1. The fourth-order valence-electron chi connectivity index (χ4n) is 3.84. The summed E-state index contributed by atoms with van der Waals surface area (Å²) < 4.78 is 22.2. The molecule has 0 radical (unpaired) electrons. The molecule has 34 heavy (non-hydrogen) atoms. The lowest BCUT2D eigenvalue weighted by Gasteiger charge is -2.39. The maximum atomic E-state index is 12.3. The number of rotatable bonds is 20. The molecule has 6 atom stereocenters. The molecule has 9 nitrogen and oxygen atoms in total. The summed E-state index contributed by atoms with van der Waals surface area (Å²) in [5.41, 5.74) is 0. The molecule has 1 aliphatic rings. The van der Waals surface area contributed by atoms with Gasteiger partial charge in [-0.05, 0) is 12.8 Å². The number of ether oxygens (including phenoxy) is 4. The Balaban J connectivity index is 2.47. The molecular weight excluding hydrogens is 444 g/mol. The van der Waals surface area contributed by atoms with Crippen LogP contribution in [0.4, 0.5) is 0 Å². The number of hydrogen-bond acceptors (Lipinski definition) is 9. The number of carbonyl (C=O) groups is 1. The van der Waals surface area contributed by atoms with Crippen molar-refractivity contribution >= 4 is 5.97 Å². The molecule has 0 amide bonds. The van der Waals surface area contributed by atoms with Gasteiger partial charge in [0, 0.05) is 13.0 Å². The molecule has 0 aliphatic carbocycles. The summed E-state index contributed by atoms with van der Waals surface area (Å²) in [5, 5.41) is 39.3. The molecule has 0 aromatic heterocycles. The Morgan fingerprint density at radius 1 is 0.824 bits per heavy atom. The first-order valence-corrected chi connectivity index (χ1v) is 13.1. The van der Waals surface area contributed by atoms with Crippen LogP contribution in [0.1, 0.15) is 90.9 Å². The Bertz CT molecular complexity index is 503. The molecule has 9 heteroatoms. The smallest absolute Gasteiger partial charge is 0.306 e. The third-order valence-corrected chi connectivity index (χ3v) is 6.02. The Morgan fingerprint density at radius 2 is 1.44 bits per heavy atom. The molecule has 6 unspecified atom stereocenters. The predicted molar refractivity (Wildman–Crippen MR) is 127 cm³/mol. The van der Waals surface area contributed by atoms with Crippen LogP contribution in [-0.4, -0.2) is 89.6 Å². The lowest BCUT2D eigenvalue weighted by molar-refractivity contribution is -0.305. The van der Waals surface area contributed by atoms with E-state index in [1.807, 2.05) is 0 Å². The van der Waals surface area contributed by atoms with E-state index in [9.17, 15) is 25.2 Å². The first kappa shape index (κ1) is 31.2. The predicted octanol–water partition coefficient (Wildman–Crippen LogP) is 2.45. The Morgan fingerprint density at radius 3 is 2.09 bits per heavy atom. The van der Waals surface area contributed by atoms with E-state index >= 15 is 0 Å².